The molecule has 0 fully saturated rings. The lowest BCUT2D eigenvalue weighted by molar-refractivity contribution is -0.140. The first-order valence-electron chi connectivity index (χ1n) is 5.20. The predicted molar refractivity (Wildman–Crippen MR) is 57.8 cm³/mol. The molecule has 18 heavy (non-hydrogen) atoms. The second-order valence-electron chi connectivity index (χ2n) is 3.45. The van der Waals surface area contributed by atoms with Crippen LogP contribution in [0.3, 0.4) is 0 Å². The molecule has 2 rings (SSSR count). The third-order valence-corrected chi connectivity index (χ3v) is 2.20. The van der Waals surface area contributed by atoms with E-state index in [1.165, 1.54) is 19.2 Å². The van der Waals surface area contributed by atoms with E-state index in [1.807, 2.05) is 0 Å². The van der Waals surface area contributed by atoms with Crippen molar-refractivity contribution in [1.29, 1.82) is 0 Å². The lowest BCUT2D eigenvalue weighted by Crippen LogP contribution is -2.01. The highest BCUT2D eigenvalue weighted by Gasteiger charge is 2.11. The molecule has 6 nitrogen and oxygen atoms in total. The molecule has 0 radical (unpaired) electrons. The van der Waals surface area contributed by atoms with Gasteiger partial charge in [0.2, 0.25) is 11.7 Å². The fraction of sp³-hybridized carbons (Fsp3) is 0.273. The van der Waals surface area contributed by atoms with Crippen LogP contribution in [0.5, 0.6) is 0 Å². The largest absolute Gasteiger partial charge is 0.469 e. The third kappa shape index (κ3) is 2.88. The van der Waals surface area contributed by atoms with E-state index in [4.69, 9.17) is 4.52 Å². The van der Waals surface area contributed by atoms with Gasteiger partial charge >= 0.3 is 5.97 Å². The van der Waals surface area contributed by atoms with Gasteiger partial charge in [-0.2, -0.15) is 4.98 Å². The van der Waals surface area contributed by atoms with Gasteiger partial charge in [0.1, 0.15) is 11.5 Å². The number of ether oxygens (including phenoxy) is 1. The number of hydrogen-bond acceptors (Lipinski definition) is 6. The maximum absolute atomic E-state index is 12.7. The summed E-state index contributed by atoms with van der Waals surface area (Å²) in [5, 5.41) is 3.70. The van der Waals surface area contributed by atoms with Crippen LogP contribution in [0.4, 0.5) is 4.39 Å². The minimum Gasteiger partial charge on any atom is -0.469 e. The Morgan fingerprint density at radius 1 is 1.50 bits per heavy atom. The second kappa shape index (κ2) is 5.35. The fourth-order valence-corrected chi connectivity index (χ4v) is 1.28. The Morgan fingerprint density at radius 3 is 3.00 bits per heavy atom. The summed E-state index contributed by atoms with van der Waals surface area (Å²) < 4.78 is 22.1. The van der Waals surface area contributed by atoms with E-state index in [2.05, 4.69) is 19.9 Å². The molecule has 0 atom stereocenters. The van der Waals surface area contributed by atoms with Crippen LogP contribution in [0.25, 0.3) is 11.5 Å². The Bertz CT molecular complexity index is 539. The molecule has 0 aliphatic rings. The summed E-state index contributed by atoms with van der Waals surface area (Å²) in [6, 6.07) is 2.71. The monoisotopic (exact) mass is 251 g/mol. The van der Waals surface area contributed by atoms with Crippen molar-refractivity contribution in [2.24, 2.45) is 0 Å². The smallest absolute Gasteiger partial charge is 0.306 e. The van der Waals surface area contributed by atoms with Crippen LogP contribution in [0.1, 0.15) is 12.3 Å². The van der Waals surface area contributed by atoms with Gasteiger partial charge in [0.25, 0.3) is 0 Å². The molecule has 2 heterocycles. The Balaban J connectivity index is 2.06. The van der Waals surface area contributed by atoms with Gasteiger partial charge < -0.3 is 9.26 Å². The average Bonchev–Trinajstić information content (AvgIpc) is 2.85. The summed E-state index contributed by atoms with van der Waals surface area (Å²) in [4.78, 5) is 18.8. The quantitative estimate of drug-likeness (QED) is 0.764. The molecule has 0 amide bonds. The first-order chi connectivity index (χ1) is 8.69. The second-order valence-corrected chi connectivity index (χ2v) is 3.45. The number of hydrogen-bond donors (Lipinski definition) is 0. The molecular weight excluding hydrogens is 241 g/mol. The van der Waals surface area contributed by atoms with E-state index in [9.17, 15) is 9.18 Å². The van der Waals surface area contributed by atoms with Crippen molar-refractivity contribution in [3.63, 3.8) is 0 Å². The van der Waals surface area contributed by atoms with E-state index >= 15 is 0 Å². The summed E-state index contributed by atoms with van der Waals surface area (Å²) in [6.45, 7) is 0. The van der Waals surface area contributed by atoms with Crippen LogP contribution in [-0.4, -0.2) is 28.2 Å². The molecule has 0 spiro atoms. The van der Waals surface area contributed by atoms with Crippen molar-refractivity contribution < 1.29 is 18.4 Å². The molecule has 0 N–H and O–H groups in total. The molecule has 0 aliphatic heterocycles. The third-order valence-electron chi connectivity index (χ3n) is 2.20. The molecule has 0 saturated carbocycles. The standard InChI is InChI=1S/C11H10FN3O3/c1-17-10(16)5-4-9-14-11(15-18-9)8-3-2-7(12)6-13-8/h2-3,6H,4-5H2,1H3. The summed E-state index contributed by atoms with van der Waals surface area (Å²) >= 11 is 0. The van der Waals surface area contributed by atoms with Crippen LogP contribution in [0.2, 0.25) is 0 Å². The molecule has 0 unspecified atom stereocenters. The van der Waals surface area contributed by atoms with Gasteiger partial charge in [-0.1, -0.05) is 5.16 Å². The number of halogens is 1. The Morgan fingerprint density at radius 2 is 2.33 bits per heavy atom. The molecule has 0 aliphatic carbocycles. The maximum Gasteiger partial charge on any atom is 0.306 e. The number of esters is 1. The van der Waals surface area contributed by atoms with Gasteiger partial charge in [0.15, 0.2) is 0 Å². The van der Waals surface area contributed by atoms with E-state index in [0.29, 0.717) is 18.0 Å². The highest BCUT2D eigenvalue weighted by Crippen LogP contribution is 2.13. The van der Waals surface area contributed by atoms with Gasteiger partial charge in [-0.3, -0.25) is 4.79 Å². The van der Waals surface area contributed by atoms with Crippen molar-refractivity contribution >= 4 is 5.97 Å². The molecule has 7 heteroatoms. The summed E-state index contributed by atoms with van der Waals surface area (Å²) in [7, 11) is 1.31. The first kappa shape index (κ1) is 12.2. The van der Waals surface area contributed by atoms with Crippen LogP contribution in [-0.2, 0) is 16.0 Å². The van der Waals surface area contributed by atoms with Crippen molar-refractivity contribution in [1.82, 2.24) is 15.1 Å². The molecule has 2 aromatic rings. The van der Waals surface area contributed by atoms with Crippen molar-refractivity contribution in [3.8, 4) is 11.5 Å². The van der Waals surface area contributed by atoms with Gasteiger partial charge in [0.05, 0.1) is 19.7 Å². The zero-order chi connectivity index (χ0) is 13.0. The topological polar surface area (TPSA) is 78.1 Å². The number of nitrogens with zero attached hydrogens (tertiary/aromatic N) is 3. The minimum atomic E-state index is -0.437. The summed E-state index contributed by atoms with van der Waals surface area (Å²) in [5.74, 6) is -0.223. The Kier molecular flexibility index (Phi) is 3.61. The fourth-order valence-electron chi connectivity index (χ4n) is 1.28. The molecule has 0 saturated heterocycles. The number of aryl methyl sites for hydroxylation is 1. The van der Waals surface area contributed by atoms with Gasteiger partial charge in [-0.15, -0.1) is 0 Å². The molecule has 0 bridgehead atoms. The van der Waals surface area contributed by atoms with Crippen LogP contribution in [0, 0.1) is 5.82 Å². The van der Waals surface area contributed by atoms with Crippen LogP contribution < -0.4 is 0 Å². The van der Waals surface area contributed by atoms with Crippen LogP contribution >= 0.6 is 0 Å². The minimum absolute atomic E-state index is 0.162. The lowest BCUT2D eigenvalue weighted by atomic mass is 10.3. The van der Waals surface area contributed by atoms with E-state index in [1.54, 1.807) is 0 Å². The van der Waals surface area contributed by atoms with Gasteiger partial charge in [0, 0.05) is 6.42 Å². The molecule has 2 aromatic heterocycles. The van der Waals surface area contributed by atoms with E-state index < -0.39 is 5.82 Å². The normalized spacial score (nSPS) is 10.3. The van der Waals surface area contributed by atoms with Gasteiger partial charge in [-0.05, 0) is 12.1 Å². The number of carbonyl (C=O) groups is 1. The summed E-state index contributed by atoms with van der Waals surface area (Å²) in [6.07, 6.45) is 1.52. The first-order valence-corrected chi connectivity index (χ1v) is 5.20. The average molecular weight is 251 g/mol. The van der Waals surface area contributed by atoms with Crippen molar-refractivity contribution in [2.45, 2.75) is 12.8 Å². The zero-order valence-electron chi connectivity index (χ0n) is 9.59. The summed E-state index contributed by atoms with van der Waals surface area (Å²) in [5.41, 5.74) is 0.407. The Labute approximate surface area is 102 Å². The lowest BCUT2D eigenvalue weighted by Gasteiger charge is -1.94. The number of carbonyl (C=O) groups excluding carboxylic acids is 1. The number of methoxy groups -OCH3 is 1. The highest BCUT2D eigenvalue weighted by atomic mass is 19.1. The zero-order valence-corrected chi connectivity index (χ0v) is 9.59. The highest BCUT2D eigenvalue weighted by molar-refractivity contribution is 5.69. The van der Waals surface area contributed by atoms with Crippen molar-refractivity contribution in [2.75, 3.05) is 7.11 Å². The van der Waals surface area contributed by atoms with Gasteiger partial charge in [-0.25, -0.2) is 9.37 Å². The molecular formula is C11H10FN3O3. The maximum atomic E-state index is 12.7. The SMILES string of the molecule is COC(=O)CCc1nc(-c2ccc(F)cn2)no1. The predicted octanol–water partition coefficient (Wildman–Crippen LogP) is 1.38. The number of aromatic nitrogens is 3. The van der Waals surface area contributed by atoms with Crippen LogP contribution in [0.15, 0.2) is 22.9 Å². The number of rotatable bonds is 4. The number of pyridine rings is 1. The molecule has 94 valence electrons. The van der Waals surface area contributed by atoms with Crippen molar-refractivity contribution in [3.05, 3.63) is 30.0 Å². The Hall–Kier alpha value is -2.31. The van der Waals surface area contributed by atoms with E-state index in [0.717, 1.165) is 6.20 Å². The molecule has 0 aromatic carbocycles. The van der Waals surface area contributed by atoms with E-state index in [-0.39, 0.29) is 18.2 Å².